The molecule has 0 aliphatic rings. The lowest BCUT2D eigenvalue weighted by Crippen LogP contribution is -2.04. The molecule has 0 spiro atoms. The van der Waals surface area contributed by atoms with Crippen LogP contribution in [0, 0.1) is 0 Å². The number of hydrogen-bond acceptors (Lipinski definition) is 2. The van der Waals surface area contributed by atoms with Crippen LogP contribution >= 0.6 is 0 Å². The van der Waals surface area contributed by atoms with Gasteiger partial charge in [0.05, 0.1) is 61.2 Å². The molecule has 0 aliphatic heterocycles. The first-order chi connectivity index (χ1) is 43.7. The van der Waals surface area contributed by atoms with Gasteiger partial charge in [0, 0.05) is 88.0 Å². The van der Waals surface area contributed by atoms with Gasteiger partial charge in [-0.2, -0.15) is 0 Å². The minimum Gasteiger partial charge on any atom is -0.309 e. The zero-order valence-electron chi connectivity index (χ0n) is 47.7. The van der Waals surface area contributed by atoms with Gasteiger partial charge < -0.3 is 18.3 Å². The van der Waals surface area contributed by atoms with E-state index in [-0.39, 0.29) is 0 Å². The maximum atomic E-state index is 5.54. The highest BCUT2D eigenvalue weighted by atomic mass is 15.0. The molecule has 0 amide bonds. The van der Waals surface area contributed by atoms with E-state index in [2.05, 4.69) is 334 Å². The third kappa shape index (κ3) is 7.76. The zero-order chi connectivity index (χ0) is 57.8. The van der Waals surface area contributed by atoms with Crippen LogP contribution in [0.25, 0.3) is 166 Å². The van der Waals surface area contributed by atoms with Gasteiger partial charge in [-0.3, -0.25) is 0 Å². The molecule has 0 bridgehead atoms. The molecule has 6 heteroatoms. The Morgan fingerprint density at radius 3 is 0.898 bits per heavy atom. The molecule has 0 fully saturated rings. The highest BCUT2D eigenvalue weighted by Crippen LogP contribution is 2.47. The summed E-state index contributed by atoms with van der Waals surface area (Å²) in [5, 5.41) is 9.68. The van der Waals surface area contributed by atoms with Crippen molar-refractivity contribution in [2.45, 2.75) is 0 Å². The summed E-state index contributed by atoms with van der Waals surface area (Å²) >= 11 is 0. The van der Waals surface area contributed by atoms with Gasteiger partial charge in [0.25, 0.3) is 0 Å². The molecule has 0 radical (unpaired) electrons. The van der Waals surface area contributed by atoms with Crippen molar-refractivity contribution in [3.63, 3.8) is 0 Å². The molecule has 0 saturated heterocycles. The molecule has 13 aromatic carbocycles. The van der Waals surface area contributed by atoms with Crippen molar-refractivity contribution in [2.75, 3.05) is 0 Å². The summed E-state index contributed by atoms with van der Waals surface area (Å²) in [4.78, 5) is 11.1. The van der Waals surface area contributed by atoms with Gasteiger partial charge in [-0.15, -0.1) is 0 Å². The van der Waals surface area contributed by atoms with Crippen LogP contribution in [0.15, 0.2) is 315 Å². The monoisotopic (exact) mass is 1120 g/mol. The molecule has 18 rings (SSSR count). The molecule has 410 valence electrons. The van der Waals surface area contributed by atoms with Crippen molar-refractivity contribution in [3.05, 3.63) is 315 Å². The minimum absolute atomic E-state index is 0.634. The summed E-state index contributed by atoms with van der Waals surface area (Å²) in [5.74, 6) is 0.634. The number of fused-ring (bicyclic) bond motifs is 12. The number of para-hydroxylation sites is 7. The summed E-state index contributed by atoms with van der Waals surface area (Å²) in [6, 6.07) is 115. The maximum Gasteiger partial charge on any atom is 0.160 e. The van der Waals surface area contributed by atoms with Gasteiger partial charge in [-0.25, -0.2) is 9.97 Å². The van der Waals surface area contributed by atoms with E-state index >= 15 is 0 Å². The topological polar surface area (TPSA) is 45.5 Å². The van der Waals surface area contributed by atoms with Gasteiger partial charge in [0.15, 0.2) is 5.82 Å². The lowest BCUT2D eigenvalue weighted by molar-refractivity contribution is 1.16. The van der Waals surface area contributed by atoms with E-state index in [1.165, 1.54) is 65.2 Å². The fraction of sp³-hybridized carbons (Fsp3) is 0. The summed E-state index contributed by atoms with van der Waals surface area (Å²) < 4.78 is 9.77. The van der Waals surface area contributed by atoms with Crippen LogP contribution < -0.4 is 0 Å². The van der Waals surface area contributed by atoms with E-state index in [1.807, 2.05) is 0 Å². The molecule has 0 unspecified atom stereocenters. The number of nitrogens with zero attached hydrogens (tertiary/aromatic N) is 6. The third-order valence-electron chi connectivity index (χ3n) is 18.0. The van der Waals surface area contributed by atoms with Gasteiger partial charge in [-0.1, -0.05) is 212 Å². The van der Waals surface area contributed by atoms with Gasteiger partial charge in [-0.05, 0) is 114 Å². The maximum absolute atomic E-state index is 5.54. The van der Waals surface area contributed by atoms with Crippen LogP contribution in [-0.4, -0.2) is 28.2 Å². The third-order valence-corrected chi connectivity index (χ3v) is 18.0. The summed E-state index contributed by atoms with van der Waals surface area (Å²) in [5.41, 5.74) is 22.3. The van der Waals surface area contributed by atoms with Crippen LogP contribution in [-0.2, 0) is 0 Å². The fourth-order valence-electron chi connectivity index (χ4n) is 14.0. The van der Waals surface area contributed by atoms with Crippen LogP contribution in [0.3, 0.4) is 0 Å². The Bertz CT molecular complexity index is 5430. The summed E-state index contributed by atoms with van der Waals surface area (Å²) in [6.45, 7) is 0. The standard InChI is InChI=1S/C82H52N6/c1-4-22-55(23-5-1)71-51-72(56-24-6-2-7-25-56)84-82(83-71)57-48-67(53-40-44-59(45-41-53)85-73-34-16-10-28-61(73)62-29-11-17-35-74(62)85)81(68(49-57)54-42-46-60(47-43-54)86-75-36-18-12-30-63(75)64-31-13-19-37-76(64)86)88-78-39-21-15-33-66(78)70-50-69-65-32-14-20-38-77(65)87(79(69)52-80(70)88)58-26-8-3-9-27-58/h1-52H. The Hall–Kier alpha value is -11.9. The van der Waals surface area contributed by atoms with Crippen LogP contribution in [0.5, 0.6) is 0 Å². The molecule has 0 N–H and O–H groups in total. The lowest BCUT2D eigenvalue weighted by Gasteiger charge is -2.22. The van der Waals surface area contributed by atoms with E-state index in [4.69, 9.17) is 9.97 Å². The SMILES string of the molecule is c1ccc(-c2cc(-c3ccccc3)nc(-c3cc(-c4ccc(-n5c6ccccc6c6ccccc65)cc4)c(-n4c5ccccc5c5cc6c7ccccc7n(-c7ccccc7)c6cc54)c(-c4ccc(-n5c6ccccc6c6ccccc65)cc4)c3)n2)cc1. The Balaban J connectivity index is 0.960. The molecular formula is C82H52N6. The van der Waals surface area contributed by atoms with Crippen LogP contribution in [0.2, 0.25) is 0 Å². The van der Waals surface area contributed by atoms with Crippen molar-refractivity contribution < 1.29 is 0 Å². The second kappa shape index (κ2) is 19.9. The average molecular weight is 1120 g/mol. The smallest absolute Gasteiger partial charge is 0.160 e. The normalized spacial score (nSPS) is 11.9. The number of aromatic nitrogens is 6. The molecule has 88 heavy (non-hydrogen) atoms. The van der Waals surface area contributed by atoms with Crippen LogP contribution in [0.1, 0.15) is 0 Å². The average Bonchev–Trinajstić information content (AvgIpc) is 1.56. The van der Waals surface area contributed by atoms with E-state index in [0.29, 0.717) is 5.82 Å². The van der Waals surface area contributed by atoms with E-state index in [1.54, 1.807) is 0 Å². The highest BCUT2D eigenvalue weighted by Gasteiger charge is 2.26. The molecule has 0 saturated carbocycles. The molecule has 0 aliphatic carbocycles. The van der Waals surface area contributed by atoms with Crippen molar-refractivity contribution in [1.82, 2.24) is 28.2 Å². The van der Waals surface area contributed by atoms with Crippen molar-refractivity contribution in [1.29, 1.82) is 0 Å². The lowest BCUT2D eigenvalue weighted by atomic mass is 9.92. The van der Waals surface area contributed by atoms with E-state index < -0.39 is 0 Å². The minimum atomic E-state index is 0.634. The Kier molecular flexibility index (Phi) is 11.2. The first-order valence-electron chi connectivity index (χ1n) is 30.1. The summed E-state index contributed by atoms with van der Waals surface area (Å²) in [7, 11) is 0. The first-order valence-corrected chi connectivity index (χ1v) is 30.1. The van der Waals surface area contributed by atoms with Crippen molar-refractivity contribution in [2.24, 2.45) is 0 Å². The molecule has 5 aromatic heterocycles. The van der Waals surface area contributed by atoms with Gasteiger partial charge in [0.1, 0.15) is 0 Å². The number of benzene rings is 13. The quantitative estimate of drug-likeness (QED) is 0.145. The fourth-order valence-corrected chi connectivity index (χ4v) is 14.0. The van der Waals surface area contributed by atoms with Crippen molar-refractivity contribution in [3.8, 4) is 78.9 Å². The van der Waals surface area contributed by atoms with Crippen molar-refractivity contribution >= 4 is 87.2 Å². The second-order valence-corrected chi connectivity index (χ2v) is 22.9. The Morgan fingerprint density at radius 2 is 0.500 bits per heavy atom. The first kappa shape index (κ1) is 49.6. The zero-order valence-corrected chi connectivity index (χ0v) is 47.7. The van der Waals surface area contributed by atoms with Gasteiger partial charge >= 0.3 is 0 Å². The Labute approximate surface area is 507 Å². The number of rotatable bonds is 9. The van der Waals surface area contributed by atoms with E-state index in [0.717, 1.165) is 95.1 Å². The molecule has 5 heterocycles. The second-order valence-electron chi connectivity index (χ2n) is 22.9. The number of hydrogen-bond donors (Lipinski definition) is 0. The molecule has 18 aromatic rings. The van der Waals surface area contributed by atoms with Gasteiger partial charge in [0.2, 0.25) is 0 Å². The van der Waals surface area contributed by atoms with Crippen LogP contribution in [0.4, 0.5) is 0 Å². The highest BCUT2D eigenvalue weighted by molar-refractivity contribution is 6.20. The molecule has 0 atom stereocenters. The molecule has 6 nitrogen and oxygen atoms in total. The largest absolute Gasteiger partial charge is 0.309 e. The molecular weight excluding hydrogens is 1070 g/mol. The van der Waals surface area contributed by atoms with E-state index in [9.17, 15) is 0 Å². The summed E-state index contributed by atoms with van der Waals surface area (Å²) in [6.07, 6.45) is 0. The Morgan fingerprint density at radius 1 is 0.193 bits per heavy atom. The predicted octanol–water partition coefficient (Wildman–Crippen LogP) is 21.2. The predicted molar refractivity (Wildman–Crippen MR) is 367 cm³/mol.